The minimum Gasteiger partial charge on any atom is -0.392 e. The minimum absolute atomic E-state index is 0.182. The molecular formula is C16H13NO3S. The van der Waals surface area contributed by atoms with E-state index >= 15 is 0 Å². The molecule has 1 heterocycles. The van der Waals surface area contributed by atoms with Crippen molar-refractivity contribution in [3.8, 4) is 0 Å². The first-order valence-corrected chi connectivity index (χ1v) is 7.29. The van der Waals surface area contributed by atoms with Gasteiger partial charge in [-0.3, -0.25) is 9.59 Å². The van der Waals surface area contributed by atoms with E-state index in [9.17, 15) is 14.7 Å². The van der Waals surface area contributed by atoms with Crippen LogP contribution < -0.4 is 5.32 Å². The van der Waals surface area contributed by atoms with Crippen LogP contribution >= 0.6 is 11.8 Å². The first-order valence-electron chi connectivity index (χ1n) is 6.47. The van der Waals surface area contributed by atoms with E-state index < -0.39 is 5.24 Å². The number of hydrogen-bond donors (Lipinski definition) is 2. The topological polar surface area (TPSA) is 66.4 Å². The van der Waals surface area contributed by atoms with Gasteiger partial charge in [-0.15, -0.1) is 0 Å². The molecule has 1 saturated heterocycles. The molecule has 4 nitrogen and oxygen atoms in total. The molecule has 0 unspecified atom stereocenters. The summed E-state index contributed by atoms with van der Waals surface area (Å²) in [5, 5.41) is 13.5. The van der Waals surface area contributed by atoms with E-state index in [2.05, 4.69) is 5.32 Å². The maximum Gasteiger partial charge on any atom is 0.291 e. The highest BCUT2D eigenvalue weighted by Gasteiger charge is 2.29. The first-order chi connectivity index (χ1) is 10.1. The number of amides is 1. The van der Waals surface area contributed by atoms with Crippen LogP contribution in [-0.4, -0.2) is 22.1 Å². The number of rotatable bonds is 2. The monoisotopic (exact) mass is 299 g/mol. The zero-order chi connectivity index (χ0) is 15.0. The summed E-state index contributed by atoms with van der Waals surface area (Å²) in [6.07, 6.45) is 0. The van der Waals surface area contributed by atoms with E-state index in [-0.39, 0.29) is 17.4 Å². The summed E-state index contributed by atoms with van der Waals surface area (Å²) in [6, 6.07) is 11.6. The summed E-state index contributed by atoms with van der Waals surface area (Å²) in [4.78, 5) is 23.2. The molecule has 106 valence electrons. The van der Waals surface area contributed by atoms with Crippen molar-refractivity contribution in [3.63, 3.8) is 0 Å². The predicted octanol–water partition coefficient (Wildman–Crippen LogP) is 2.83. The van der Waals surface area contributed by atoms with Crippen LogP contribution in [0.3, 0.4) is 0 Å². The van der Waals surface area contributed by atoms with Gasteiger partial charge in [0.15, 0.2) is 0 Å². The molecule has 1 aliphatic rings. The fraction of sp³-hybridized carbons (Fsp3) is 0.125. The van der Waals surface area contributed by atoms with Crippen molar-refractivity contribution in [2.24, 2.45) is 0 Å². The number of nitrogens with one attached hydrogen (secondary N) is 1. The molecule has 2 N–H and O–H groups in total. The number of hydrogen-bond acceptors (Lipinski definition) is 4. The van der Waals surface area contributed by atoms with E-state index in [1.165, 1.54) is 0 Å². The van der Waals surface area contributed by atoms with Crippen LogP contribution in [0.5, 0.6) is 0 Å². The van der Waals surface area contributed by atoms with Crippen molar-refractivity contribution in [3.05, 3.63) is 53.2 Å². The molecule has 3 rings (SSSR count). The van der Waals surface area contributed by atoms with Crippen LogP contribution in [0.4, 0.5) is 4.79 Å². The molecule has 21 heavy (non-hydrogen) atoms. The number of aliphatic hydroxyl groups excluding tert-OH is 1. The number of aryl methyl sites for hydroxylation is 1. The Hall–Kier alpha value is -2.11. The van der Waals surface area contributed by atoms with Gasteiger partial charge in [-0.1, -0.05) is 36.4 Å². The lowest BCUT2D eigenvalue weighted by Gasteiger charge is -2.12. The van der Waals surface area contributed by atoms with Crippen LogP contribution in [0.15, 0.2) is 42.1 Å². The molecule has 0 aromatic heterocycles. The molecule has 0 saturated carbocycles. The number of carbonyl (C=O) groups excluding carboxylic acids is 2. The summed E-state index contributed by atoms with van der Waals surface area (Å²) in [7, 11) is 0. The number of aliphatic hydroxyl groups is 1. The fourth-order valence-corrected chi connectivity index (χ4v) is 3.14. The first kappa shape index (κ1) is 13.9. The highest BCUT2D eigenvalue weighted by atomic mass is 32.2. The summed E-state index contributed by atoms with van der Waals surface area (Å²) in [5.41, 5.74) is 2.52. The molecule has 0 bridgehead atoms. The van der Waals surface area contributed by atoms with E-state index in [0.717, 1.165) is 21.9 Å². The Balaban J connectivity index is 2.28. The molecular weight excluding hydrogens is 286 g/mol. The lowest BCUT2D eigenvalue weighted by atomic mass is 9.95. The van der Waals surface area contributed by atoms with Crippen LogP contribution in [0.1, 0.15) is 11.1 Å². The van der Waals surface area contributed by atoms with Gasteiger partial charge in [-0.25, -0.2) is 0 Å². The van der Waals surface area contributed by atoms with E-state index in [4.69, 9.17) is 0 Å². The van der Waals surface area contributed by atoms with Gasteiger partial charge in [0.1, 0.15) is 5.70 Å². The van der Waals surface area contributed by atoms with Gasteiger partial charge < -0.3 is 10.4 Å². The Bertz CT molecular complexity index is 795. The molecule has 2 aromatic carbocycles. The largest absolute Gasteiger partial charge is 0.392 e. The van der Waals surface area contributed by atoms with Crippen LogP contribution in [0, 0.1) is 6.92 Å². The smallest absolute Gasteiger partial charge is 0.291 e. The third-order valence-electron chi connectivity index (χ3n) is 3.54. The number of carbonyl (C=O) groups is 2. The Labute approximate surface area is 125 Å². The maximum atomic E-state index is 11.9. The third-order valence-corrected chi connectivity index (χ3v) is 4.22. The van der Waals surface area contributed by atoms with Crippen molar-refractivity contribution < 1.29 is 14.7 Å². The summed E-state index contributed by atoms with van der Waals surface area (Å²) in [5.74, 6) is 0. The summed E-state index contributed by atoms with van der Waals surface area (Å²) >= 11 is 0.618. The molecule has 2 aromatic rings. The number of thioether (sulfide) groups is 1. The van der Waals surface area contributed by atoms with Gasteiger partial charge in [0.25, 0.3) is 5.24 Å². The third kappa shape index (κ3) is 2.34. The van der Waals surface area contributed by atoms with Crippen molar-refractivity contribution in [1.82, 2.24) is 5.32 Å². The molecule has 0 aliphatic carbocycles. The quantitative estimate of drug-likeness (QED) is 0.837. The van der Waals surface area contributed by atoms with Crippen LogP contribution in [0.2, 0.25) is 0 Å². The second-order valence-electron chi connectivity index (χ2n) is 4.79. The molecule has 0 radical (unpaired) electrons. The van der Waals surface area contributed by atoms with Gasteiger partial charge in [-0.05, 0) is 28.8 Å². The average Bonchev–Trinajstić information content (AvgIpc) is 2.80. The van der Waals surface area contributed by atoms with Gasteiger partial charge >= 0.3 is 0 Å². The lowest BCUT2D eigenvalue weighted by molar-refractivity contribution is -0.107. The van der Waals surface area contributed by atoms with Crippen molar-refractivity contribution in [2.75, 3.05) is 6.61 Å². The van der Waals surface area contributed by atoms with E-state index in [1.54, 1.807) is 0 Å². The highest BCUT2D eigenvalue weighted by molar-refractivity contribution is 8.27. The Morgan fingerprint density at radius 3 is 2.52 bits per heavy atom. The lowest BCUT2D eigenvalue weighted by Crippen LogP contribution is -2.14. The van der Waals surface area contributed by atoms with Gasteiger partial charge in [-0.2, -0.15) is 0 Å². The zero-order valence-corrected chi connectivity index (χ0v) is 12.2. The van der Waals surface area contributed by atoms with Crippen LogP contribution in [0.25, 0.3) is 16.3 Å². The predicted molar refractivity (Wildman–Crippen MR) is 83.8 cm³/mol. The normalized spacial score (nSPS) is 17.2. The molecule has 1 fully saturated rings. The Morgan fingerprint density at radius 1 is 1.14 bits per heavy atom. The molecule has 1 aliphatic heterocycles. The number of benzene rings is 2. The molecule has 1 amide bonds. The molecule has 5 heteroatoms. The van der Waals surface area contributed by atoms with Crippen molar-refractivity contribution in [1.29, 1.82) is 0 Å². The standard InChI is InChI=1S/C16H13NO3S/c1-9-4-2-6-11-10(9)5-3-7-12(11)13(8-18)14-15(19)21-16(20)17-14/h2-7,18H,8H2,1H3,(H,17,20). The average molecular weight is 299 g/mol. The minimum atomic E-state index is -0.405. The highest BCUT2D eigenvalue weighted by Crippen LogP contribution is 2.31. The van der Waals surface area contributed by atoms with Crippen LogP contribution in [-0.2, 0) is 4.79 Å². The van der Waals surface area contributed by atoms with E-state index in [1.807, 2.05) is 43.3 Å². The summed E-state index contributed by atoms with van der Waals surface area (Å²) in [6.45, 7) is 1.70. The Kier molecular flexibility index (Phi) is 3.53. The molecule has 0 spiro atoms. The number of fused-ring (bicyclic) bond motifs is 1. The fourth-order valence-electron chi connectivity index (χ4n) is 2.54. The van der Waals surface area contributed by atoms with E-state index in [0.29, 0.717) is 17.3 Å². The zero-order valence-electron chi connectivity index (χ0n) is 11.3. The summed E-state index contributed by atoms with van der Waals surface area (Å²) < 4.78 is 0. The van der Waals surface area contributed by atoms with Crippen molar-refractivity contribution >= 4 is 38.5 Å². The SMILES string of the molecule is Cc1cccc2c(C(CO)=C3NC(=O)SC3=O)cccc12. The van der Waals surface area contributed by atoms with Crippen molar-refractivity contribution in [2.45, 2.75) is 6.92 Å². The second kappa shape index (κ2) is 5.35. The molecule has 0 atom stereocenters. The van der Waals surface area contributed by atoms with Gasteiger partial charge in [0.05, 0.1) is 6.61 Å². The van der Waals surface area contributed by atoms with Gasteiger partial charge in [0, 0.05) is 17.3 Å². The Morgan fingerprint density at radius 2 is 1.86 bits per heavy atom. The maximum absolute atomic E-state index is 11.9. The second-order valence-corrected chi connectivity index (χ2v) is 5.73. The van der Waals surface area contributed by atoms with Gasteiger partial charge in [0.2, 0.25) is 5.12 Å².